The number of halogens is 1. The molecule has 22 heavy (non-hydrogen) atoms. The number of alkyl halides is 1. The molecule has 1 rings (SSSR count). The maximum Gasteiger partial charge on any atom is 0.231 e. The van der Waals surface area contributed by atoms with Crippen LogP contribution in [0.4, 0.5) is 5.69 Å². The van der Waals surface area contributed by atoms with Crippen molar-refractivity contribution in [2.45, 2.75) is 47.0 Å². The zero-order valence-corrected chi connectivity index (χ0v) is 15.5. The van der Waals surface area contributed by atoms with Crippen molar-refractivity contribution >= 4 is 33.3 Å². The second-order valence-electron chi connectivity index (χ2n) is 6.58. The minimum absolute atomic E-state index is 0.0848. The monoisotopic (exact) mass is 367 g/mol. The van der Waals surface area contributed by atoms with Crippen LogP contribution in [-0.2, 0) is 22.4 Å². The molecular weight excluding hydrogens is 342 g/mol. The molecule has 1 N–H and O–H groups in total. The zero-order chi connectivity index (χ0) is 16.7. The Hall–Kier alpha value is -1.16. The summed E-state index contributed by atoms with van der Waals surface area (Å²) >= 11 is 3.07. The lowest BCUT2D eigenvalue weighted by molar-refractivity contribution is -0.123. The van der Waals surface area contributed by atoms with Gasteiger partial charge in [0.15, 0.2) is 5.78 Å². The number of carbonyl (C=O) groups is 2. The highest BCUT2D eigenvalue weighted by Gasteiger charge is 2.11. The average molecular weight is 368 g/mol. The van der Waals surface area contributed by atoms with Crippen LogP contribution in [0.5, 0.6) is 0 Å². The molecule has 3 nitrogen and oxygen atoms in total. The summed E-state index contributed by atoms with van der Waals surface area (Å²) in [5.74, 6) is 0.794. The van der Waals surface area contributed by atoms with Crippen LogP contribution in [0.2, 0.25) is 0 Å². The first-order chi connectivity index (χ1) is 10.3. The van der Waals surface area contributed by atoms with Crippen LogP contribution in [0.25, 0.3) is 0 Å². The van der Waals surface area contributed by atoms with Gasteiger partial charge in [0.1, 0.15) is 0 Å². The Labute approximate surface area is 142 Å². The molecule has 0 heterocycles. The number of ketones is 1. The number of carbonyl (C=O) groups excluding carboxylic acids is 2. The van der Waals surface area contributed by atoms with Gasteiger partial charge < -0.3 is 5.32 Å². The fraction of sp³-hybridized carbons (Fsp3) is 0.556. The third kappa shape index (κ3) is 6.73. The van der Waals surface area contributed by atoms with Crippen molar-refractivity contribution in [3.05, 3.63) is 29.3 Å². The van der Waals surface area contributed by atoms with E-state index in [9.17, 15) is 9.59 Å². The van der Waals surface area contributed by atoms with E-state index in [1.807, 2.05) is 12.1 Å². The lowest BCUT2D eigenvalue weighted by Crippen LogP contribution is -2.17. The summed E-state index contributed by atoms with van der Waals surface area (Å²) in [6.45, 7) is 8.81. The van der Waals surface area contributed by atoms with Crippen LogP contribution in [0.1, 0.15) is 45.2 Å². The average Bonchev–Trinajstić information content (AvgIpc) is 2.40. The van der Waals surface area contributed by atoms with E-state index in [2.05, 4.69) is 55.0 Å². The highest BCUT2D eigenvalue weighted by molar-refractivity contribution is 9.09. The van der Waals surface area contributed by atoms with Gasteiger partial charge in [0.2, 0.25) is 5.91 Å². The number of hydrogen-bond acceptors (Lipinski definition) is 2. The molecule has 1 aromatic carbocycles. The van der Waals surface area contributed by atoms with Gasteiger partial charge in [-0.3, -0.25) is 9.59 Å². The van der Waals surface area contributed by atoms with Crippen LogP contribution in [0, 0.1) is 11.8 Å². The molecule has 1 aromatic rings. The van der Waals surface area contributed by atoms with Gasteiger partial charge in [-0.05, 0) is 47.9 Å². The SMILES string of the molecule is CC(C)Cc1ccc(NC(=O)CC(=O)CBr)cc1CC(C)C. The van der Waals surface area contributed by atoms with Crippen LogP contribution < -0.4 is 5.32 Å². The van der Waals surface area contributed by atoms with E-state index in [0.29, 0.717) is 11.8 Å². The standard InChI is InChI=1S/C18H26BrNO2/c1-12(2)7-14-5-6-16(9-15(14)8-13(3)4)20-18(22)10-17(21)11-19/h5-6,9,12-13H,7-8,10-11H2,1-4H3,(H,20,22). The minimum Gasteiger partial charge on any atom is -0.326 e. The maximum atomic E-state index is 11.8. The molecule has 1 amide bonds. The summed E-state index contributed by atoms with van der Waals surface area (Å²) in [4.78, 5) is 23.1. The van der Waals surface area contributed by atoms with Crippen LogP contribution >= 0.6 is 15.9 Å². The fourth-order valence-electron chi connectivity index (χ4n) is 2.40. The maximum absolute atomic E-state index is 11.8. The van der Waals surface area contributed by atoms with Gasteiger partial charge >= 0.3 is 0 Å². The molecule has 0 aromatic heterocycles. The Morgan fingerprint density at radius 2 is 1.64 bits per heavy atom. The molecule has 122 valence electrons. The predicted octanol–water partition coefficient (Wildman–Crippen LogP) is 4.38. The summed E-state index contributed by atoms with van der Waals surface area (Å²) in [5, 5.41) is 3.04. The van der Waals surface area contributed by atoms with Gasteiger partial charge in [0, 0.05) is 5.69 Å². The second kappa shape index (κ2) is 9.09. The topological polar surface area (TPSA) is 46.2 Å². The highest BCUT2D eigenvalue weighted by Crippen LogP contribution is 2.22. The summed E-state index contributed by atoms with van der Waals surface area (Å²) in [6.07, 6.45) is 1.95. The Morgan fingerprint density at radius 1 is 1.05 bits per heavy atom. The Morgan fingerprint density at radius 3 is 2.18 bits per heavy atom. The van der Waals surface area contributed by atoms with Crippen molar-refractivity contribution in [3.8, 4) is 0 Å². The predicted molar refractivity (Wildman–Crippen MR) is 95.6 cm³/mol. The first kappa shape index (κ1) is 18.9. The van der Waals surface area contributed by atoms with Gasteiger partial charge in [-0.1, -0.05) is 49.7 Å². The molecule has 0 aliphatic heterocycles. The molecule has 4 heteroatoms. The Kier molecular flexibility index (Phi) is 7.80. The number of amides is 1. The van der Waals surface area contributed by atoms with Gasteiger partial charge in [-0.2, -0.15) is 0 Å². The first-order valence-corrected chi connectivity index (χ1v) is 8.93. The molecule has 0 spiro atoms. The first-order valence-electron chi connectivity index (χ1n) is 7.81. The van der Waals surface area contributed by atoms with Crippen molar-refractivity contribution in [2.24, 2.45) is 11.8 Å². The van der Waals surface area contributed by atoms with Crippen molar-refractivity contribution in [2.75, 3.05) is 10.6 Å². The number of anilines is 1. The van der Waals surface area contributed by atoms with Crippen LogP contribution in [0.15, 0.2) is 18.2 Å². The number of rotatable bonds is 8. The quantitative estimate of drug-likeness (QED) is 0.547. The van der Waals surface area contributed by atoms with Crippen molar-refractivity contribution in [1.29, 1.82) is 0 Å². The lowest BCUT2D eigenvalue weighted by atomic mass is 9.92. The molecule has 0 bridgehead atoms. The number of benzene rings is 1. The number of nitrogens with one attached hydrogen (secondary N) is 1. The Bertz CT molecular complexity index is 524. The number of Topliss-reactive ketones (excluding diaryl/α,β-unsaturated/α-hetero) is 1. The summed E-state index contributed by atoms with van der Waals surface area (Å²) in [6, 6.07) is 6.08. The normalized spacial score (nSPS) is 11.0. The van der Waals surface area contributed by atoms with Crippen molar-refractivity contribution < 1.29 is 9.59 Å². The van der Waals surface area contributed by atoms with E-state index >= 15 is 0 Å². The molecule has 0 radical (unpaired) electrons. The van der Waals surface area contributed by atoms with Gasteiger partial charge in [0.25, 0.3) is 0 Å². The van der Waals surface area contributed by atoms with E-state index < -0.39 is 0 Å². The van der Waals surface area contributed by atoms with E-state index in [1.54, 1.807) is 0 Å². The van der Waals surface area contributed by atoms with Crippen molar-refractivity contribution in [1.82, 2.24) is 0 Å². The summed E-state index contributed by atoms with van der Waals surface area (Å²) in [5.41, 5.74) is 3.40. The fourth-order valence-corrected chi connectivity index (χ4v) is 2.60. The highest BCUT2D eigenvalue weighted by atomic mass is 79.9. The molecule has 0 aliphatic rings. The number of hydrogen-bond donors (Lipinski definition) is 1. The summed E-state index contributed by atoms with van der Waals surface area (Å²) in [7, 11) is 0. The van der Waals surface area contributed by atoms with Gasteiger partial charge in [-0.25, -0.2) is 0 Å². The van der Waals surface area contributed by atoms with Gasteiger partial charge in [0.05, 0.1) is 11.8 Å². The van der Waals surface area contributed by atoms with E-state index in [0.717, 1.165) is 18.5 Å². The van der Waals surface area contributed by atoms with Crippen LogP contribution in [-0.4, -0.2) is 17.0 Å². The molecule has 0 fully saturated rings. The molecule has 0 atom stereocenters. The Balaban J connectivity index is 2.88. The zero-order valence-electron chi connectivity index (χ0n) is 13.9. The van der Waals surface area contributed by atoms with E-state index in [1.165, 1.54) is 11.1 Å². The van der Waals surface area contributed by atoms with Gasteiger partial charge in [-0.15, -0.1) is 0 Å². The molecular formula is C18H26BrNO2. The molecule has 0 saturated carbocycles. The molecule has 0 saturated heterocycles. The van der Waals surface area contributed by atoms with Crippen molar-refractivity contribution in [3.63, 3.8) is 0 Å². The lowest BCUT2D eigenvalue weighted by Gasteiger charge is -2.15. The van der Waals surface area contributed by atoms with Crippen LogP contribution in [0.3, 0.4) is 0 Å². The third-order valence-electron chi connectivity index (χ3n) is 3.25. The largest absolute Gasteiger partial charge is 0.326 e. The molecule has 0 aliphatic carbocycles. The second-order valence-corrected chi connectivity index (χ2v) is 7.14. The third-order valence-corrected chi connectivity index (χ3v) is 3.88. The molecule has 0 unspecified atom stereocenters. The smallest absolute Gasteiger partial charge is 0.231 e. The van der Waals surface area contributed by atoms with E-state index in [4.69, 9.17) is 0 Å². The minimum atomic E-state index is -0.253. The van der Waals surface area contributed by atoms with E-state index in [-0.39, 0.29) is 23.4 Å². The summed E-state index contributed by atoms with van der Waals surface area (Å²) < 4.78 is 0.